The second-order valence-corrected chi connectivity index (χ2v) is 8.42. The predicted molar refractivity (Wildman–Crippen MR) is 126 cm³/mol. The summed E-state index contributed by atoms with van der Waals surface area (Å²) in [6, 6.07) is 1.47. The van der Waals surface area contributed by atoms with E-state index in [-0.39, 0.29) is 19.7 Å². The van der Waals surface area contributed by atoms with Crippen LogP contribution in [0.2, 0.25) is 0 Å². The molecular formula is C23H32N4O8. The van der Waals surface area contributed by atoms with Crippen LogP contribution in [0.5, 0.6) is 0 Å². The number of nitro benzene ring substituents is 2. The monoisotopic (exact) mass is 492 g/mol. The lowest BCUT2D eigenvalue weighted by Gasteiger charge is -2.34. The van der Waals surface area contributed by atoms with E-state index in [1.54, 1.807) is 0 Å². The van der Waals surface area contributed by atoms with E-state index in [1.165, 1.54) is 25.7 Å². The molecule has 12 nitrogen and oxygen atoms in total. The van der Waals surface area contributed by atoms with Crippen molar-refractivity contribution in [2.75, 3.05) is 19.7 Å². The maximum Gasteiger partial charge on any atom is 0.308 e. The molecule has 1 aromatic carbocycles. The number of esters is 1. The molecule has 1 fully saturated rings. The van der Waals surface area contributed by atoms with Crippen molar-refractivity contribution in [1.29, 1.82) is 0 Å². The summed E-state index contributed by atoms with van der Waals surface area (Å²) >= 11 is 0. The number of ether oxygens (including phenoxy) is 1. The third-order valence-electron chi connectivity index (χ3n) is 5.83. The fraction of sp³-hybridized carbons (Fsp3) is 0.609. The molecule has 1 saturated heterocycles. The largest absolute Gasteiger partial charge is 0.466 e. The molecule has 1 aromatic rings. The van der Waals surface area contributed by atoms with Gasteiger partial charge in [-0.2, -0.15) is 0 Å². The Labute approximate surface area is 203 Å². The Morgan fingerprint density at radius 1 is 1.06 bits per heavy atom. The molecule has 0 spiro atoms. The maximum absolute atomic E-state index is 13.1. The Balaban J connectivity index is 1.96. The summed E-state index contributed by atoms with van der Waals surface area (Å²) < 4.78 is 5.24. The topological polar surface area (TPSA) is 162 Å². The number of nitrogens with one attached hydrogen (secondary N) is 1. The van der Waals surface area contributed by atoms with E-state index in [4.69, 9.17) is 4.74 Å². The van der Waals surface area contributed by atoms with Gasteiger partial charge in [0.15, 0.2) is 0 Å². The quantitative estimate of drug-likeness (QED) is 0.178. The van der Waals surface area contributed by atoms with Gasteiger partial charge in [-0.05, 0) is 12.5 Å². The van der Waals surface area contributed by atoms with Gasteiger partial charge in [0.05, 0.1) is 28.9 Å². The number of unbranched alkanes of at least 4 members (excludes halogenated alkanes) is 7. The molecule has 0 radical (unpaired) electrons. The molecule has 1 aliphatic rings. The number of nitrogens with zero attached hydrogens (tertiary/aromatic N) is 3. The van der Waals surface area contributed by atoms with Crippen LogP contribution in [0.1, 0.15) is 75.1 Å². The summed E-state index contributed by atoms with van der Waals surface area (Å²) in [5.74, 6) is -2.08. The van der Waals surface area contributed by atoms with Crippen molar-refractivity contribution in [3.05, 3.63) is 44.0 Å². The fourth-order valence-corrected chi connectivity index (χ4v) is 3.92. The number of carbonyl (C=O) groups excluding carboxylic acids is 3. The minimum absolute atomic E-state index is 0.0225. The summed E-state index contributed by atoms with van der Waals surface area (Å²) in [5.41, 5.74) is -1.68. The van der Waals surface area contributed by atoms with Gasteiger partial charge in [0.1, 0.15) is 11.6 Å². The van der Waals surface area contributed by atoms with Gasteiger partial charge in [0.2, 0.25) is 5.91 Å². The van der Waals surface area contributed by atoms with Crippen LogP contribution in [-0.2, 0) is 14.3 Å². The van der Waals surface area contributed by atoms with Gasteiger partial charge in [-0.25, -0.2) is 0 Å². The van der Waals surface area contributed by atoms with Gasteiger partial charge < -0.3 is 15.0 Å². The highest BCUT2D eigenvalue weighted by atomic mass is 16.6. The van der Waals surface area contributed by atoms with E-state index in [2.05, 4.69) is 12.2 Å². The number of rotatable bonds is 14. The minimum atomic E-state index is -1.20. The standard InChI is InChI=1S/C23H32N4O8/c1-2-3-4-5-6-7-8-9-14-35-21(28)16-20-22(29)24-12-13-25(20)23(30)18-11-10-17(26(31)32)15-19(18)27(33)34/h10-11,15,20H,2-9,12-14,16H2,1H3,(H,24,29). The van der Waals surface area contributed by atoms with Crippen molar-refractivity contribution >= 4 is 29.2 Å². The molecule has 1 aliphatic heterocycles. The van der Waals surface area contributed by atoms with E-state index in [9.17, 15) is 34.6 Å². The first-order valence-corrected chi connectivity index (χ1v) is 11.9. The number of amides is 2. The maximum atomic E-state index is 13.1. The lowest BCUT2D eigenvalue weighted by molar-refractivity contribution is -0.394. The molecule has 35 heavy (non-hydrogen) atoms. The van der Waals surface area contributed by atoms with E-state index < -0.39 is 57.0 Å². The number of nitro groups is 2. The number of hydrogen-bond acceptors (Lipinski definition) is 8. The number of benzene rings is 1. The Hall–Kier alpha value is -3.57. The van der Waals surface area contributed by atoms with Gasteiger partial charge >= 0.3 is 5.97 Å². The van der Waals surface area contributed by atoms with Crippen LogP contribution in [0.25, 0.3) is 0 Å². The third-order valence-corrected chi connectivity index (χ3v) is 5.83. The van der Waals surface area contributed by atoms with E-state index in [0.29, 0.717) is 12.5 Å². The highest BCUT2D eigenvalue weighted by Gasteiger charge is 2.38. The van der Waals surface area contributed by atoms with Crippen LogP contribution in [0, 0.1) is 20.2 Å². The van der Waals surface area contributed by atoms with Crippen LogP contribution in [-0.4, -0.2) is 58.3 Å². The van der Waals surface area contributed by atoms with E-state index >= 15 is 0 Å². The Kier molecular flexibility index (Phi) is 11.0. The molecule has 2 amide bonds. The molecule has 0 aromatic heterocycles. The smallest absolute Gasteiger partial charge is 0.308 e. The first-order valence-electron chi connectivity index (χ1n) is 11.9. The highest BCUT2D eigenvalue weighted by Crippen LogP contribution is 2.27. The summed E-state index contributed by atoms with van der Waals surface area (Å²) in [4.78, 5) is 59.6. The Morgan fingerprint density at radius 3 is 2.34 bits per heavy atom. The van der Waals surface area contributed by atoms with Crippen molar-refractivity contribution < 1.29 is 29.0 Å². The number of non-ortho nitro benzene ring substituents is 1. The lowest BCUT2D eigenvalue weighted by Crippen LogP contribution is -2.57. The molecular weight excluding hydrogens is 460 g/mol. The minimum Gasteiger partial charge on any atom is -0.466 e. The summed E-state index contributed by atoms with van der Waals surface area (Å²) in [7, 11) is 0. The number of carbonyl (C=O) groups is 3. The first kappa shape index (κ1) is 27.7. The van der Waals surface area contributed by atoms with Gasteiger partial charge in [0, 0.05) is 19.2 Å². The molecule has 1 heterocycles. The molecule has 1 unspecified atom stereocenters. The zero-order chi connectivity index (χ0) is 25.8. The Bertz CT molecular complexity index is 936. The summed E-state index contributed by atoms with van der Waals surface area (Å²) in [6.07, 6.45) is 8.30. The van der Waals surface area contributed by atoms with Crippen molar-refractivity contribution in [2.45, 2.75) is 70.8 Å². The molecule has 0 bridgehead atoms. The van der Waals surface area contributed by atoms with Crippen LogP contribution < -0.4 is 5.32 Å². The zero-order valence-corrected chi connectivity index (χ0v) is 19.9. The molecule has 12 heteroatoms. The molecule has 1 N–H and O–H groups in total. The average molecular weight is 493 g/mol. The second kappa shape index (κ2) is 14.0. The summed E-state index contributed by atoms with van der Waals surface area (Å²) in [5, 5.41) is 25.0. The number of piperazine rings is 1. The van der Waals surface area contributed by atoms with Crippen LogP contribution >= 0.6 is 0 Å². The molecule has 0 saturated carbocycles. The zero-order valence-electron chi connectivity index (χ0n) is 19.9. The first-order chi connectivity index (χ1) is 16.8. The van der Waals surface area contributed by atoms with Gasteiger partial charge in [-0.15, -0.1) is 0 Å². The lowest BCUT2D eigenvalue weighted by atomic mass is 10.0. The third kappa shape index (κ3) is 8.30. The van der Waals surface area contributed by atoms with Crippen molar-refractivity contribution in [3.63, 3.8) is 0 Å². The van der Waals surface area contributed by atoms with Gasteiger partial charge in [0.25, 0.3) is 17.3 Å². The molecule has 2 rings (SSSR count). The molecule has 0 aliphatic carbocycles. The van der Waals surface area contributed by atoms with Gasteiger partial charge in [-0.1, -0.05) is 51.9 Å². The Morgan fingerprint density at radius 2 is 1.71 bits per heavy atom. The number of hydrogen-bond donors (Lipinski definition) is 1. The second-order valence-electron chi connectivity index (χ2n) is 8.42. The van der Waals surface area contributed by atoms with E-state index in [1.807, 2.05) is 0 Å². The fourth-order valence-electron chi connectivity index (χ4n) is 3.92. The van der Waals surface area contributed by atoms with Crippen molar-refractivity contribution in [2.24, 2.45) is 0 Å². The van der Waals surface area contributed by atoms with Gasteiger partial charge in [-0.3, -0.25) is 34.6 Å². The SMILES string of the molecule is CCCCCCCCCCOC(=O)CC1C(=O)NCCN1C(=O)c1ccc([N+](=O)[O-])cc1[N+](=O)[O-]. The van der Waals surface area contributed by atoms with E-state index in [0.717, 1.165) is 36.3 Å². The van der Waals surface area contributed by atoms with Crippen LogP contribution in [0.3, 0.4) is 0 Å². The summed E-state index contributed by atoms with van der Waals surface area (Å²) in [6.45, 7) is 2.51. The van der Waals surface area contributed by atoms with Crippen LogP contribution in [0.4, 0.5) is 11.4 Å². The predicted octanol–water partition coefficient (Wildman–Crippen LogP) is 3.52. The van der Waals surface area contributed by atoms with Crippen molar-refractivity contribution in [3.8, 4) is 0 Å². The average Bonchev–Trinajstić information content (AvgIpc) is 2.83. The molecule has 1 atom stereocenters. The highest BCUT2D eigenvalue weighted by molar-refractivity contribution is 6.02. The normalized spacial score (nSPS) is 15.4. The molecule has 192 valence electrons. The van der Waals surface area contributed by atoms with Crippen LogP contribution in [0.15, 0.2) is 18.2 Å². The van der Waals surface area contributed by atoms with Crippen molar-refractivity contribution in [1.82, 2.24) is 10.2 Å².